The number of nitrogens with zero attached hydrogens (tertiary/aromatic N) is 2. The first-order chi connectivity index (χ1) is 16.1. The number of anilines is 1. The van der Waals surface area contributed by atoms with Gasteiger partial charge in [0.25, 0.3) is 23.5 Å². The summed E-state index contributed by atoms with van der Waals surface area (Å²) in [6.45, 7) is 4.04. The van der Waals surface area contributed by atoms with E-state index >= 15 is 0 Å². The average molecular weight is 460 g/mol. The Balaban J connectivity index is 1.47. The molecule has 3 N–H and O–H groups in total. The van der Waals surface area contributed by atoms with E-state index in [-0.39, 0.29) is 23.1 Å². The van der Waals surface area contributed by atoms with E-state index in [0.29, 0.717) is 23.5 Å². The van der Waals surface area contributed by atoms with Gasteiger partial charge in [-0.15, -0.1) is 0 Å². The molecule has 1 aliphatic heterocycles. The Morgan fingerprint density at radius 1 is 1.00 bits per heavy atom. The van der Waals surface area contributed by atoms with Crippen LogP contribution in [0, 0.1) is 13.8 Å². The molecule has 0 aliphatic carbocycles. The van der Waals surface area contributed by atoms with E-state index in [9.17, 15) is 24.0 Å². The number of carbonyl (C=O) groups excluding carboxylic acids is 4. The molecule has 0 bridgehead atoms. The molecule has 3 amide bonds. The first kappa shape index (κ1) is 22.6. The molecule has 2 heterocycles. The minimum atomic E-state index is -1.02. The van der Waals surface area contributed by atoms with Crippen LogP contribution in [0.4, 0.5) is 5.69 Å². The van der Waals surface area contributed by atoms with Crippen molar-refractivity contribution in [2.45, 2.75) is 26.8 Å². The van der Waals surface area contributed by atoms with Gasteiger partial charge >= 0.3 is 5.97 Å². The molecule has 172 valence electrons. The Morgan fingerprint density at radius 2 is 1.71 bits per heavy atom. The molecule has 0 saturated carbocycles. The number of ketones is 1. The zero-order valence-corrected chi connectivity index (χ0v) is 18.3. The monoisotopic (exact) mass is 460 g/mol. The summed E-state index contributed by atoms with van der Waals surface area (Å²) in [7, 11) is 0. The molecule has 0 fully saturated rings. The first-order valence-electron chi connectivity index (χ1n) is 10.3. The molecular weight excluding hydrogens is 440 g/mol. The number of aliphatic carboxylic acids is 1. The second-order valence-corrected chi connectivity index (χ2v) is 7.90. The number of aromatic nitrogens is 2. The van der Waals surface area contributed by atoms with Crippen LogP contribution in [0.25, 0.3) is 0 Å². The van der Waals surface area contributed by atoms with Crippen molar-refractivity contribution >= 4 is 35.2 Å². The largest absolute Gasteiger partial charge is 0.481 e. The Morgan fingerprint density at radius 3 is 2.38 bits per heavy atom. The van der Waals surface area contributed by atoms with Gasteiger partial charge < -0.3 is 10.4 Å². The minimum absolute atomic E-state index is 0.0427. The SMILES string of the molecule is Cc1nn(Cc2ccc(NC(=O)c3ccc4c(c3)C(=O)C(=O)NC4=O)cc2)c(C)c1CC(=O)O. The number of benzene rings is 2. The Kier molecular flexibility index (Phi) is 5.80. The minimum Gasteiger partial charge on any atom is -0.481 e. The summed E-state index contributed by atoms with van der Waals surface area (Å²) < 4.78 is 1.74. The number of imide groups is 1. The number of carboxylic acid groups (broad SMARTS) is 1. The van der Waals surface area contributed by atoms with E-state index in [1.807, 2.05) is 24.4 Å². The lowest BCUT2D eigenvalue weighted by molar-refractivity contribution is -0.136. The zero-order chi connectivity index (χ0) is 24.6. The standard InChI is InChI=1S/C24H20N4O6/c1-12-18(10-20(29)30)13(2)28(27-12)11-14-3-6-16(7-4-14)25-22(32)15-5-8-17-19(9-15)21(31)24(34)26-23(17)33/h3-9H,10-11H2,1-2H3,(H,25,32)(H,29,30)(H,26,33,34). The number of hydrogen-bond donors (Lipinski definition) is 3. The maximum atomic E-state index is 12.6. The van der Waals surface area contributed by atoms with Crippen LogP contribution in [0.5, 0.6) is 0 Å². The molecule has 0 atom stereocenters. The topological polar surface area (TPSA) is 147 Å². The second-order valence-electron chi connectivity index (χ2n) is 7.90. The molecule has 2 aromatic carbocycles. The molecule has 1 aliphatic rings. The van der Waals surface area contributed by atoms with E-state index in [0.717, 1.165) is 11.3 Å². The normalized spacial score (nSPS) is 12.8. The van der Waals surface area contributed by atoms with Gasteiger partial charge in [-0.3, -0.25) is 34.0 Å². The van der Waals surface area contributed by atoms with Crippen LogP contribution in [0.3, 0.4) is 0 Å². The van der Waals surface area contributed by atoms with E-state index in [2.05, 4.69) is 10.4 Å². The van der Waals surface area contributed by atoms with Gasteiger partial charge in [0.05, 0.1) is 24.2 Å². The van der Waals surface area contributed by atoms with Gasteiger partial charge in [-0.2, -0.15) is 5.10 Å². The molecule has 0 radical (unpaired) electrons. The van der Waals surface area contributed by atoms with Gasteiger partial charge in [0.15, 0.2) is 0 Å². The summed E-state index contributed by atoms with van der Waals surface area (Å²) in [5, 5.41) is 18.2. The fraction of sp³-hybridized carbons (Fsp3) is 0.167. The quantitative estimate of drug-likeness (QED) is 0.376. The molecule has 10 nitrogen and oxygen atoms in total. The van der Waals surface area contributed by atoms with E-state index < -0.39 is 29.5 Å². The lowest BCUT2D eigenvalue weighted by Gasteiger charge is -2.15. The number of carboxylic acids is 1. The number of amides is 3. The lowest BCUT2D eigenvalue weighted by Crippen LogP contribution is -2.42. The average Bonchev–Trinajstić information content (AvgIpc) is 3.05. The van der Waals surface area contributed by atoms with Gasteiger partial charge in [-0.1, -0.05) is 12.1 Å². The molecule has 3 aromatic rings. The van der Waals surface area contributed by atoms with Crippen molar-refractivity contribution in [3.05, 3.63) is 81.7 Å². The highest BCUT2D eigenvalue weighted by Crippen LogP contribution is 2.20. The fourth-order valence-corrected chi connectivity index (χ4v) is 3.79. The first-order valence-corrected chi connectivity index (χ1v) is 10.3. The summed E-state index contributed by atoms with van der Waals surface area (Å²) in [4.78, 5) is 59.2. The van der Waals surface area contributed by atoms with Crippen LogP contribution in [-0.4, -0.2) is 44.4 Å². The van der Waals surface area contributed by atoms with Crippen LogP contribution < -0.4 is 10.6 Å². The number of aryl methyl sites for hydroxylation is 1. The summed E-state index contributed by atoms with van der Waals surface area (Å²) in [5.41, 5.74) is 3.62. The summed E-state index contributed by atoms with van der Waals surface area (Å²) in [5.74, 6) is -3.99. The van der Waals surface area contributed by atoms with Gasteiger partial charge in [0.2, 0.25) is 0 Å². The van der Waals surface area contributed by atoms with Crippen LogP contribution in [0.2, 0.25) is 0 Å². The van der Waals surface area contributed by atoms with E-state index in [4.69, 9.17) is 5.11 Å². The third kappa shape index (κ3) is 4.33. The molecule has 1 aromatic heterocycles. The van der Waals surface area contributed by atoms with Crippen molar-refractivity contribution in [2.24, 2.45) is 0 Å². The fourth-order valence-electron chi connectivity index (χ4n) is 3.79. The molecule has 0 unspecified atom stereocenters. The van der Waals surface area contributed by atoms with Crippen molar-refractivity contribution in [2.75, 3.05) is 5.32 Å². The summed E-state index contributed by atoms with van der Waals surface area (Å²) >= 11 is 0. The number of rotatable bonds is 6. The number of carbonyl (C=O) groups is 5. The van der Waals surface area contributed by atoms with E-state index in [1.54, 1.807) is 23.7 Å². The lowest BCUT2D eigenvalue weighted by atomic mass is 9.96. The Hall–Kier alpha value is -4.60. The van der Waals surface area contributed by atoms with Gasteiger partial charge in [0, 0.05) is 28.1 Å². The number of hydrogen-bond acceptors (Lipinski definition) is 6. The number of Topliss-reactive ketones (excluding diaryl/α,β-unsaturated/α-hetero) is 1. The molecular formula is C24H20N4O6. The highest BCUT2D eigenvalue weighted by Gasteiger charge is 2.31. The summed E-state index contributed by atoms with van der Waals surface area (Å²) in [6, 6.07) is 11.0. The van der Waals surface area contributed by atoms with Gasteiger partial charge in [0.1, 0.15) is 0 Å². The zero-order valence-electron chi connectivity index (χ0n) is 18.3. The van der Waals surface area contributed by atoms with Crippen molar-refractivity contribution < 1.29 is 29.1 Å². The molecule has 0 saturated heterocycles. The highest BCUT2D eigenvalue weighted by atomic mass is 16.4. The molecule has 34 heavy (non-hydrogen) atoms. The Labute approximate surface area is 193 Å². The third-order valence-corrected chi connectivity index (χ3v) is 5.61. The van der Waals surface area contributed by atoms with Crippen LogP contribution >= 0.6 is 0 Å². The van der Waals surface area contributed by atoms with Crippen molar-refractivity contribution in [3.8, 4) is 0 Å². The van der Waals surface area contributed by atoms with E-state index in [1.165, 1.54) is 18.2 Å². The highest BCUT2D eigenvalue weighted by molar-refractivity contribution is 6.49. The Bertz CT molecular complexity index is 1370. The summed E-state index contributed by atoms with van der Waals surface area (Å²) in [6.07, 6.45) is -0.0875. The van der Waals surface area contributed by atoms with Crippen molar-refractivity contribution in [3.63, 3.8) is 0 Å². The number of nitrogens with one attached hydrogen (secondary N) is 2. The van der Waals surface area contributed by atoms with Crippen LogP contribution in [-0.2, 0) is 22.6 Å². The molecule has 10 heteroatoms. The maximum Gasteiger partial charge on any atom is 0.307 e. The predicted octanol–water partition coefficient (Wildman–Crippen LogP) is 1.88. The van der Waals surface area contributed by atoms with Crippen LogP contribution in [0.1, 0.15) is 53.6 Å². The smallest absolute Gasteiger partial charge is 0.307 e. The third-order valence-electron chi connectivity index (χ3n) is 5.61. The predicted molar refractivity (Wildman–Crippen MR) is 120 cm³/mol. The van der Waals surface area contributed by atoms with Crippen molar-refractivity contribution in [1.82, 2.24) is 15.1 Å². The van der Waals surface area contributed by atoms with Gasteiger partial charge in [-0.05, 0) is 49.7 Å². The number of fused-ring (bicyclic) bond motifs is 1. The molecule has 0 spiro atoms. The van der Waals surface area contributed by atoms with Crippen LogP contribution in [0.15, 0.2) is 42.5 Å². The maximum absolute atomic E-state index is 12.6. The van der Waals surface area contributed by atoms with Crippen molar-refractivity contribution in [1.29, 1.82) is 0 Å². The second kappa shape index (κ2) is 8.74. The van der Waals surface area contributed by atoms with Gasteiger partial charge in [-0.25, -0.2) is 0 Å². The molecule has 4 rings (SSSR count).